The van der Waals surface area contributed by atoms with Crippen molar-refractivity contribution in [2.24, 2.45) is 4.99 Å². The number of carbonyl (C=O) groups is 1. The van der Waals surface area contributed by atoms with Crippen molar-refractivity contribution in [2.75, 3.05) is 7.11 Å². The van der Waals surface area contributed by atoms with E-state index < -0.39 is 11.0 Å². The molecule has 162 valence electrons. The van der Waals surface area contributed by atoms with E-state index in [9.17, 15) is 19.7 Å². The van der Waals surface area contributed by atoms with Gasteiger partial charge in [-0.2, -0.15) is 0 Å². The predicted molar refractivity (Wildman–Crippen MR) is 121 cm³/mol. The number of nitrogens with zero attached hydrogens (tertiary/aromatic N) is 3. The van der Waals surface area contributed by atoms with Gasteiger partial charge in [-0.05, 0) is 43.2 Å². The number of hydrogen-bond acceptors (Lipinski definition) is 7. The molecule has 0 amide bonds. The molecular weight excluding hydrogens is 430 g/mol. The maximum Gasteiger partial charge on any atom is 0.271 e. The molecule has 0 N–H and O–H groups in total. The van der Waals surface area contributed by atoms with Gasteiger partial charge in [-0.3, -0.25) is 24.3 Å². The zero-order valence-electron chi connectivity index (χ0n) is 17.6. The van der Waals surface area contributed by atoms with Crippen LogP contribution in [0.15, 0.2) is 69.6 Å². The first kappa shape index (κ1) is 21.4. The first-order chi connectivity index (χ1) is 15.3. The summed E-state index contributed by atoms with van der Waals surface area (Å²) in [5.41, 5.74) is 1.93. The van der Waals surface area contributed by atoms with Crippen molar-refractivity contribution in [3.63, 3.8) is 0 Å². The summed E-state index contributed by atoms with van der Waals surface area (Å²) >= 11 is 1.18. The lowest BCUT2D eigenvalue weighted by Gasteiger charge is -2.24. The molecule has 0 unspecified atom stereocenters. The lowest BCUT2D eigenvalue weighted by Crippen LogP contribution is -2.39. The van der Waals surface area contributed by atoms with Gasteiger partial charge in [0.05, 0.1) is 22.6 Å². The van der Waals surface area contributed by atoms with Crippen LogP contribution in [0.5, 0.6) is 5.75 Å². The van der Waals surface area contributed by atoms with E-state index in [1.165, 1.54) is 35.0 Å². The Hall–Kier alpha value is -3.85. The monoisotopic (exact) mass is 449 g/mol. The van der Waals surface area contributed by atoms with Gasteiger partial charge in [-0.1, -0.05) is 35.6 Å². The number of thiazole rings is 1. The summed E-state index contributed by atoms with van der Waals surface area (Å²) in [5, 5.41) is 11.1. The zero-order chi connectivity index (χ0) is 23.0. The highest BCUT2D eigenvalue weighted by molar-refractivity contribution is 7.07. The van der Waals surface area contributed by atoms with Crippen LogP contribution in [0.3, 0.4) is 0 Å². The summed E-state index contributed by atoms with van der Waals surface area (Å²) < 4.78 is 7.11. The number of hydrogen-bond donors (Lipinski definition) is 0. The van der Waals surface area contributed by atoms with Crippen LogP contribution in [0.25, 0.3) is 6.08 Å². The van der Waals surface area contributed by atoms with Gasteiger partial charge in [0.15, 0.2) is 10.6 Å². The molecule has 0 aliphatic carbocycles. The number of Topliss-reactive ketones (excluding diaryl/α,β-unsaturated/α-hetero) is 1. The van der Waals surface area contributed by atoms with E-state index in [0.29, 0.717) is 31.9 Å². The van der Waals surface area contributed by atoms with E-state index in [-0.39, 0.29) is 17.0 Å². The molecule has 3 aromatic rings. The quantitative estimate of drug-likeness (QED) is 0.440. The lowest BCUT2D eigenvalue weighted by atomic mass is 9.93. The Labute approximate surface area is 186 Å². The third-order valence-corrected chi connectivity index (χ3v) is 6.19. The van der Waals surface area contributed by atoms with Gasteiger partial charge in [0, 0.05) is 23.4 Å². The summed E-state index contributed by atoms with van der Waals surface area (Å²) in [5.74, 6) is 0.497. The number of methoxy groups -OCH3 is 1. The second-order valence-corrected chi connectivity index (χ2v) is 8.27. The number of benzene rings is 2. The fourth-order valence-corrected chi connectivity index (χ4v) is 4.80. The highest BCUT2D eigenvalue weighted by atomic mass is 32.1. The number of nitro groups is 1. The number of nitro benzene ring substituents is 1. The minimum absolute atomic E-state index is 0.0580. The molecule has 0 fully saturated rings. The normalized spacial score (nSPS) is 15.8. The Bertz CT molecular complexity index is 1450. The van der Waals surface area contributed by atoms with Gasteiger partial charge >= 0.3 is 0 Å². The molecule has 0 radical (unpaired) electrons. The Morgan fingerprint density at radius 1 is 1.25 bits per heavy atom. The first-order valence-corrected chi connectivity index (χ1v) is 10.5. The summed E-state index contributed by atoms with van der Waals surface area (Å²) in [6, 6.07) is 12.6. The Kier molecular flexibility index (Phi) is 5.58. The average molecular weight is 449 g/mol. The third kappa shape index (κ3) is 3.78. The molecular formula is C23H19N3O5S. The van der Waals surface area contributed by atoms with Crippen molar-refractivity contribution in [3.8, 4) is 5.75 Å². The fraction of sp³-hybridized carbons (Fsp3) is 0.174. The lowest BCUT2D eigenvalue weighted by molar-refractivity contribution is -0.384. The largest absolute Gasteiger partial charge is 0.497 e. The molecule has 0 saturated carbocycles. The minimum atomic E-state index is -0.623. The molecule has 8 nitrogen and oxygen atoms in total. The van der Waals surface area contributed by atoms with Crippen LogP contribution in [0.4, 0.5) is 5.69 Å². The van der Waals surface area contributed by atoms with Gasteiger partial charge in [-0.25, -0.2) is 4.99 Å². The number of allylic oxidation sites excluding steroid dienone is 2. The minimum Gasteiger partial charge on any atom is -0.497 e. The maximum atomic E-state index is 13.4. The number of rotatable bonds is 5. The van der Waals surface area contributed by atoms with E-state index in [1.807, 2.05) is 12.1 Å². The number of ether oxygens (including phenoxy) is 1. The van der Waals surface area contributed by atoms with Crippen LogP contribution in [0.1, 0.15) is 31.0 Å². The maximum absolute atomic E-state index is 13.4. The summed E-state index contributed by atoms with van der Waals surface area (Å²) in [7, 11) is 1.57. The third-order valence-electron chi connectivity index (χ3n) is 5.21. The number of ketones is 1. The molecule has 0 saturated heterocycles. The summed E-state index contributed by atoms with van der Waals surface area (Å²) in [6.45, 7) is 3.22. The van der Waals surface area contributed by atoms with Crippen molar-refractivity contribution in [1.29, 1.82) is 0 Å². The highest BCUT2D eigenvalue weighted by Gasteiger charge is 2.30. The summed E-state index contributed by atoms with van der Waals surface area (Å²) in [4.78, 5) is 41.5. The Morgan fingerprint density at radius 3 is 2.59 bits per heavy atom. The molecule has 1 atom stereocenters. The standard InChI is InChI=1S/C23H19N3O5S/c1-13-20(14(2)27)21(16-7-9-18(31-3)10-8-16)25-22(28)19(32-23(25)24-13)12-15-5-4-6-17(11-15)26(29)30/h4-12,21H,1-3H3/b19-12+/t21-/m0/s1. The molecule has 0 bridgehead atoms. The molecule has 9 heteroatoms. The number of aromatic nitrogens is 1. The van der Waals surface area contributed by atoms with Crippen LogP contribution >= 0.6 is 11.3 Å². The number of non-ortho nitro benzene ring substituents is 1. The zero-order valence-corrected chi connectivity index (χ0v) is 18.4. The van der Waals surface area contributed by atoms with Crippen molar-refractivity contribution in [2.45, 2.75) is 19.9 Å². The topological polar surface area (TPSA) is 104 Å². The Balaban J connectivity index is 1.93. The van der Waals surface area contributed by atoms with E-state index >= 15 is 0 Å². The molecule has 32 heavy (non-hydrogen) atoms. The SMILES string of the molecule is COc1ccc([C@H]2C(C(C)=O)=C(C)N=c3s/c(=C/c4cccc([N+](=O)[O-])c4)c(=O)n32)cc1. The smallest absolute Gasteiger partial charge is 0.271 e. The van der Waals surface area contributed by atoms with Crippen LogP contribution < -0.4 is 19.6 Å². The van der Waals surface area contributed by atoms with Crippen LogP contribution in [-0.2, 0) is 4.79 Å². The van der Waals surface area contributed by atoms with Gasteiger partial charge in [0.25, 0.3) is 11.2 Å². The second kappa shape index (κ2) is 8.35. The van der Waals surface area contributed by atoms with Gasteiger partial charge in [0.2, 0.25) is 0 Å². The van der Waals surface area contributed by atoms with E-state index in [2.05, 4.69) is 4.99 Å². The van der Waals surface area contributed by atoms with Crippen LogP contribution in [0.2, 0.25) is 0 Å². The van der Waals surface area contributed by atoms with E-state index in [1.54, 1.807) is 44.4 Å². The molecule has 4 rings (SSSR count). The first-order valence-electron chi connectivity index (χ1n) is 9.72. The van der Waals surface area contributed by atoms with Crippen LogP contribution in [-0.4, -0.2) is 22.4 Å². The second-order valence-electron chi connectivity index (χ2n) is 7.26. The molecule has 0 spiro atoms. The molecule has 2 heterocycles. The van der Waals surface area contributed by atoms with Crippen molar-refractivity contribution in [3.05, 3.63) is 101 Å². The molecule has 1 aliphatic heterocycles. The number of fused-ring (bicyclic) bond motifs is 1. The highest BCUT2D eigenvalue weighted by Crippen LogP contribution is 2.31. The van der Waals surface area contributed by atoms with Crippen molar-refractivity contribution in [1.82, 2.24) is 4.57 Å². The molecule has 2 aromatic carbocycles. The molecule has 1 aromatic heterocycles. The van der Waals surface area contributed by atoms with Gasteiger partial charge in [0.1, 0.15) is 5.75 Å². The fourth-order valence-electron chi connectivity index (χ4n) is 3.75. The summed E-state index contributed by atoms with van der Waals surface area (Å²) in [6.07, 6.45) is 1.61. The predicted octanol–water partition coefficient (Wildman–Crippen LogP) is 2.74. The Morgan fingerprint density at radius 2 is 1.97 bits per heavy atom. The van der Waals surface area contributed by atoms with E-state index in [4.69, 9.17) is 4.74 Å². The average Bonchev–Trinajstić information content (AvgIpc) is 3.07. The molecule has 1 aliphatic rings. The van der Waals surface area contributed by atoms with E-state index in [0.717, 1.165) is 5.56 Å². The van der Waals surface area contributed by atoms with Crippen molar-refractivity contribution < 1.29 is 14.5 Å². The van der Waals surface area contributed by atoms with Crippen molar-refractivity contribution >= 4 is 28.9 Å². The van der Waals surface area contributed by atoms with Crippen LogP contribution in [0, 0.1) is 10.1 Å². The number of carbonyl (C=O) groups excluding carboxylic acids is 1. The van der Waals surface area contributed by atoms with Gasteiger partial charge < -0.3 is 4.74 Å². The van der Waals surface area contributed by atoms with Gasteiger partial charge in [-0.15, -0.1) is 0 Å².